The molecule has 1 amide bonds. The summed E-state index contributed by atoms with van der Waals surface area (Å²) < 4.78 is 17.6. The minimum Gasteiger partial charge on any atom is -0.469 e. The zero-order chi connectivity index (χ0) is 16.1. The summed E-state index contributed by atoms with van der Waals surface area (Å²) in [4.78, 5) is 27.4. The fourth-order valence-corrected chi connectivity index (χ4v) is 2.60. The first-order chi connectivity index (χ1) is 10.5. The molecule has 1 aromatic carbocycles. The van der Waals surface area contributed by atoms with Gasteiger partial charge in [-0.1, -0.05) is 0 Å². The number of aromatic nitrogens is 1. The molecule has 0 radical (unpaired) electrons. The van der Waals surface area contributed by atoms with E-state index in [9.17, 15) is 14.0 Å². The van der Waals surface area contributed by atoms with Crippen molar-refractivity contribution in [3.05, 3.63) is 51.2 Å². The Morgan fingerprint density at radius 1 is 1.41 bits per heavy atom. The van der Waals surface area contributed by atoms with Crippen molar-refractivity contribution in [3.63, 3.8) is 0 Å². The van der Waals surface area contributed by atoms with Crippen LogP contribution in [0, 0.1) is 12.7 Å². The smallest absolute Gasteiger partial charge is 0.311 e. The summed E-state index contributed by atoms with van der Waals surface area (Å²) in [6.07, 6.45) is 0.109. The van der Waals surface area contributed by atoms with Gasteiger partial charge in [0.15, 0.2) is 0 Å². The average molecular weight is 322 g/mol. The van der Waals surface area contributed by atoms with E-state index in [1.165, 1.54) is 36.6 Å². The second-order valence-corrected chi connectivity index (χ2v) is 5.57. The first-order valence-corrected chi connectivity index (χ1v) is 7.42. The number of benzene rings is 1. The number of ether oxygens (including phenoxy) is 1. The van der Waals surface area contributed by atoms with E-state index < -0.39 is 0 Å². The zero-order valence-electron chi connectivity index (χ0n) is 12.2. The number of carbonyl (C=O) groups is 2. The van der Waals surface area contributed by atoms with Crippen molar-refractivity contribution < 1.29 is 18.7 Å². The largest absolute Gasteiger partial charge is 0.469 e. The molecule has 116 valence electrons. The fraction of sp³-hybridized carbons (Fsp3) is 0.267. The third-order valence-electron chi connectivity index (χ3n) is 2.99. The number of esters is 1. The average Bonchev–Trinajstić information content (AvgIpc) is 2.92. The monoisotopic (exact) mass is 322 g/mol. The van der Waals surface area contributed by atoms with Crippen LogP contribution >= 0.6 is 11.3 Å². The quantitative estimate of drug-likeness (QED) is 0.857. The number of thiazole rings is 1. The Hall–Kier alpha value is -2.28. The van der Waals surface area contributed by atoms with Gasteiger partial charge in [0, 0.05) is 10.9 Å². The van der Waals surface area contributed by atoms with Crippen molar-refractivity contribution in [3.8, 4) is 0 Å². The number of rotatable bonds is 5. The van der Waals surface area contributed by atoms with E-state index in [-0.39, 0.29) is 30.7 Å². The highest BCUT2D eigenvalue weighted by Gasteiger charge is 2.11. The molecule has 0 aliphatic heterocycles. The predicted octanol–water partition coefficient (Wildman–Crippen LogP) is 2.24. The number of halogens is 1. The molecule has 1 N–H and O–H groups in total. The van der Waals surface area contributed by atoms with Gasteiger partial charge in [0.1, 0.15) is 10.8 Å². The first-order valence-electron chi connectivity index (χ1n) is 6.54. The molecule has 22 heavy (non-hydrogen) atoms. The van der Waals surface area contributed by atoms with Crippen molar-refractivity contribution in [1.29, 1.82) is 0 Å². The van der Waals surface area contributed by atoms with Crippen molar-refractivity contribution in [2.75, 3.05) is 7.11 Å². The van der Waals surface area contributed by atoms with Crippen LogP contribution in [0.5, 0.6) is 0 Å². The van der Waals surface area contributed by atoms with Gasteiger partial charge in [-0.25, -0.2) is 9.37 Å². The molecule has 7 heteroatoms. The van der Waals surface area contributed by atoms with Crippen molar-refractivity contribution in [2.45, 2.75) is 19.9 Å². The normalized spacial score (nSPS) is 10.3. The maximum Gasteiger partial charge on any atom is 0.311 e. The van der Waals surface area contributed by atoms with Crippen LogP contribution in [0.2, 0.25) is 0 Å². The third-order valence-corrected chi connectivity index (χ3v) is 3.88. The molecule has 0 atom stereocenters. The molecule has 0 unspecified atom stereocenters. The number of nitrogens with zero attached hydrogens (tertiary/aromatic N) is 1. The minimum atomic E-state index is -0.374. The van der Waals surface area contributed by atoms with Gasteiger partial charge in [0.2, 0.25) is 0 Å². The van der Waals surface area contributed by atoms with E-state index in [0.29, 0.717) is 21.8 Å². The Balaban J connectivity index is 1.95. The Kier molecular flexibility index (Phi) is 5.21. The van der Waals surface area contributed by atoms with Gasteiger partial charge in [-0.3, -0.25) is 9.59 Å². The molecule has 0 bridgehead atoms. The lowest BCUT2D eigenvalue weighted by molar-refractivity contribution is -0.139. The fourth-order valence-electron chi connectivity index (χ4n) is 1.86. The molecule has 0 fully saturated rings. The van der Waals surface area contributed by atoms with Gasteiger partial charge in [-0.15, -0.1) is 11.3 Å². The van der Waals surface area contributed by atoms with Crippen LogP contribution in [-0.4, -0.2) is 24.0 Å². The summed E-state index contributed by atoms with van der Waals surface area (Å²) in [5.74, 6) is -1.02. The molecule has 2 rings (SSSR count). The number of nitrogens with one attached hydrogen (secondary N) is 1. The molecule has 2 aromatic rings. The molecule has 0 aliphatic rings. The van der Waals surface area contributed by atoms with Crippen molar-refractivity contribution in [1.82, 2.24) is 10.3 Å². The molecular weight excluding hydrogens is 307 g/mol. The molecular formula is C15H15FN2O3S. The van der Waals surface area contributed by atoms with Crippen LogP contribution in [0.4, 0.5) is 4.39 Å². The Morgan fingerprint density at radius 2 is 2.18 bits per heavy atom. The highest BCUT2D eigenvalue weighted by atomic mass is 32.1. The molecule has 0 aliphatic carbocycles. The molecule has 0 saturated carbocycles. The summed E-state index contributed by atoms with van der Waals surface area (Å²) >= 11 is 1.35. The molecule has 5 nitrogen and oxygen atoms in total. The summed E-state index contributed by atoms with van der Waals surface area (Å²) in [7, 11) is 1.32. The standard InChI is InChI=1S/C15H15FN2O3S/c1-9-5-10(16)3-4-12(9)15(20)17-7-13-18-11(8-22-13)6-14(19)21-2/h3-5,8H,6-7H2,1-2H3,(H,17,20). The van der Waals surface area contributed by atoms with E-state index in [1.54, 1.807) is 12.3 Å². The van der Waals surface area contributed by atoms with Crippen LogP contribution in [0.3, 0.4) is 0 Å². The summed E-state index contributed by atoms with van der Waals surface area (Å²) in [5, 5.41) is 5.17. The van der Waals surface area contributed by atoms with Crippen molar-refractivity contribution in [2.24, 2.45) is 0 Å². The highest BCUT2D eigenvalue weighted by Crippen LogP contribution is 2.13. The summed E-state index contributed by atoms with van der Waals surface area (Å²) in [6.45, 7) is 1.93. The number of amides is 1. The Labute approximate surface area is 131 Å². The van der Waals surface area contributed by atoms with Crippen LogP contribution in [0.15, 0.2) is 23.6 Å². The number of aryl methyl sites for hydroxylation is 1. The predicted molar refractivity (Wildman–Crippen MR) is 80.1 cm³/mol. The number of hydrogen-bond acceptors (Lipinski definition) is 5. The lowest BCUT2D eigenvalue weighted by Crippen LogP contribution is -2.23. The maximum atomic E-state index is 13.0. The van der Waals surface area contributed by atoms with Crippen LogP contribution in [0.1, 0.15) is 26.6 Å². The van der Waals surface area contributed by atoms with E-state index in [0.717, 1.165) is 0 Å². The van der Waals surface area contributed by atoms with Gasteiger partial charge in [0.25, 0.3) is 5.91 Å². The van der Waals surface area contributed by atoms with Crippen molar-refractivity contribution >= 4 is 23.2 Å². The van der Waals surface area contributed by atoms with Crippen LogP contribution in [0.25, 0.3) is 0 Å². The van der Waals surface area contributed by atoms with Gasteiger partial charge in [0.05, 0.1) is 25.8 Å². The molecule has 1 heterocycles. The minimum absolute atomic E-state index is 0.109. The third kappa shape index (κ3) is 4.11. The zero-order valence-corrected chi connectivity index (χ0v) is 13.0. The number of hydrogen-bond donors (Lipinski definition) is 1. The van der Waals surface area contributed by atoms with E-state index >= 15 is 0 Å². The SMILES string of the molecule is COC(=O)Cc1csc(CNC(=O)c2ccc(F)cc2C)n1. The van der Waals surface area contributed by atoms with Gasteiger partial charge in [-0.2, -0.15) is 0 Å². The van der Waals surface area contributed by atoms with Gasteiger partial charge in [-0.05, 0) is 30.7 Å². The van der Waals surface area contributed by atoms with E-state index in [1.807, 2.05) is 0 Å². The Morgan fingerprint density at radius 3 is 2.86 bits per heavy atom. The second kappa shape index (κ2) is 7.13. The van der Waals surface area contributed by atoms with Gasteiger partial charge < -0.3 is 10.1 Å². The number of carbonyl (C=O) groups excluding carboxylic acids is 2. The summed E-state index contributed by atoms with van der Waals surface area (Å²) in [6, 6.07) is 4.01. The van der Waals surface area contributed by atoms with E-state index in [4.69, 9.17) is 0 Å². The van der Waals surface area contributed by atoms with Crippen LogP contribution < -0.4 is 5.32 Å². The Bertz CT molecular complexity index is 700. The first kappa shape index (κ1) is 16.1. The lowest BCUT2D eigenvalue weighted by Gasteiger charge is -2.06. The molecule has 0 saturated heterocycles. The van der Waals surface area contributed by atoms with Gasteiger partial charge >= 0.3 is 5.97 Å². The molecule has 0 spiro atoms. The number of methoxy groups -OCH3 is 1. The second-order valence-electron chi connectivity index (χ2n) is 4.63. The van der Waals surface area contributed by atoms with E-state index in [2.05, 4.69) is 15.0 Å². The summed E-state index contributed by atoms with van der Waals surface area (Å²) in [5.41, 5.74) is 1.61. The maximum absolute atomic E-state index is 13.0. The molecule has 1 aromatic heterocycles. The lowest BCUT2D eigenvalue weighted by atomic mass is 10.1. The highest BCUT2D eigenvalue weighted by molar-refractivity contribution is 7.09. The van der Waals surface area contributed by atoms with Crippen LogP contribution in [-0.2, 0) is 22.5 Å². The topological polar surface area (TPSA) is 68.3 Å².